The van der Waals surface area contributed by atoms with E-state index in [9.17, 15) is 41.4 Å². The molecule has 2 aromatic heterocycles. The minimum atomic E-state index is -4.89. The van der Waals surface area contributed by atoms with E-state index in [-0.39, 0.29) is 70.8 Å². The molecule has 1 unspecified atom stereocenters. The number of piperidine rings is 1. The number of rotatable bonds is 8. The normalized spacial score (nSPS) is 25.4. The summed E-state index contributed by atoms with van der Waals surface area (Å²) in [6, 6.07) is 3.47. The number of aromatic nitrogens is 4. The summed E-state index contributed by atoms with van der Waals surface area (Å²) in [5.41, 5.74) is -1.46. The summed E-state index contributed by atoms with van der Waals surface area (Å²) in [4.78, 5) is 52.7. The molecule has 6 N–H and O–H groups in total. The molecule has 0 bridgehead atoms. The number of likely N-dealkylation sites (tertiary alicyclic amines) is 1. The first kappa shape index (κ1) is 37.0. The van der Waals surface area contributed by atoms with Crippen LogP contribution in [0.2, 0.25) is 5.02 Å². The zero-order valence-electron chi connectivity index (χ0n) is 27.2. The van der Waals surface area contributed by atoms with Gasteiger partial charge in [0.1, 0.15) is 0 Å². The van der Waals surface area contributed by atoms with Crippen molar-refractivity contribution < 1.29 is 51.3 Å². The van der Waals surface area contributed by atoms with Crippen LogP contribution in [0, 0.1) is 17.8 Å². The molecule has 52 heavy (non-hydrogen) atoms. The zero-order valence-corrected chi connectivity index (χ0v) is 28.0. The van der Waals surface area contributed by atoms with Crippen molar-refractivity contribution in [1.82, 2.24) is 40.2 Å². The van der Waals surface area contributed by atoms with Crippen molar-refractivity contribution in [1.29, 1.82) is 0 Å². The summed E-state index contributed by atoms with van der Waals surface area (Å²) < 4.78 is 70.2. The fourth-order valence-corrected chi connectivity index (χ4v) is 6.90. The van der Waals surface area contributed by atoms with Gasteiger partial charge in [-0.25, -0.2) is 18.6 Å². The van der Waals surface area contributed by atoms with Gasteiger partial charge in [-0.3, -0.25) is 19.1 Å². The van der Waals surface area contributed by atoms with Gasteiger partial charge in [-0.05, 0) is 18.2 Å². The lowest BCUT2D eigenvalue weighted by atomic mass is 10.2. The molecule has 15 nitrogen and oxygen atoms in total. The molecule has 6 atom stereocenters. The largest absolute Gasteiger partial charge is 0.483 e. The average Bonchev–Trinajstić information content (AvgIpc) is 3.51. The number of alkyl halides is 5. The first-order valence-corrected chi connectivity index (χ1v) is 16.4. The Labute approximate surface area is 296 Å². The molecule has 0 spiro atoms. The van der Waals surface area contributed by atoms with Crippen LogP contribution in [0.4, 0.5) is 32.4 Å². The van der Waals surface area contributed by atoms with Crippen molar-refractivity contribution >= 4 is 41.6 Å². The minimum absolute atomic E-state index is 0.0369. The van der Waals surface area contributed by atoms with E-state index in [1.807, 2.05) is 0 Å². The topological polar surface area (TPSA) is 196 Å². The number of amides is 4. The van der Waals surface area contributed by atoms with Crippen LogP contribution >= 0.6 is 11.6 Å². The molecule has 4 fully saturated rings. The van der Waals surface area contributed by atoms with Crippen LogP contribution in [0.15, 0.2) is 30.6 Å². The molecule has 2 saturated carbocycles. The molecule has 4 heterocycles. The Morgan fingerprint density at radius 1 is 1.13 bits per heavy atom. The fraction of sp³-hybridized carbons (Fsp3) is 0.484. The Hall–Kier alpha value is -4.82. The second kappa shape index (κ2) is 14.0. The number of benzene rings is 1. The maximum atomic E-state index is 13.8. The van der Waals surface area contributed by atoms with Gasteiger partial charge in [0.25, 0.3) is 24.2 Å². The van der Waals surface area contributed by atoms with Gasteiger partial charge in [-0.15, -0.1) is 0 Å². The van der Waals surface area contributed by atoms with Gasteiger partial charge in [-0.2, -0.15) is 18.3 Å². The number of anilines is 1. The van der Waals surface area contributed by atoms with Gasteiger partial charge in [0.05, 0.1) is 40.2 Å². The quantitative estimate of drug-likeness (QED) is 0.148. The number of urea groups is 1. The van der Waals surface area contributed by atoms with Crippen molar-refractivity contribution in [3.8, 4) is 11.3 Å². The number of carbonyl (C=O) groups excluding carboxylic acids is 3. The molecule has 280 valence electrons. The number of nitrogens with one attached hydrogen (secondary N) is 4. The predicted octanol–water partition coefficient (Wildman–Crippen LogP) is 2.27. The predicted molar refractivity (Wildman–Crippen MR) is 172 cm³/mol. The van der Waals surface area contributed by atoms with E-state index < -0.39 is 53.6 Å². The number of hydrogen-bond donors (Lipinski definition) is 6. The van der Waals surface area contributed by atoms with Gasteiger partial charge < -0.3 is 40.9 Å². The lowest BCUT2D eigenvalue weighted by Crippen LogP contribution is -2.49. The number of nitrogens with zero attached hydrogens (tertiary/aromatic N) is 5. The standard InChI is InChI=1S/C30H31ClF5N9O4.CH2O2/c1-43-21(18-12-45(9-13-5-29(13,32)33)42-24(18)30(34,35)36)7-38-25(43)27(48)39-14-2-3-15(19(31)4-14)26(47)41-23-16-10-44(11-17(16)23)28(49)40-20-6-37-8-22(20)46;2-1-3/h2-4,7,12-13,16-17,20,22-23,37,46H,5-6,8-11H2,1H3,(H,39,48)(H,40,49)(H,41,47);1H,(H,2,3)/t13?,16-,17+,20-,22-,23+;/m0./s1. The number of fused-ring (bicyclic) bond motifs is 1. The lowest BCUT2D eigenvalue weighted by Gasteiger charge is -2.24. The Kier molecular flexibility index (Phi) is 9.92. The third kappa shape index (κ3) is 7.54. The maximum absolute atomic E-state index is 13.8. The third-order valence-corrected chi connectivity index (χ3v) is 9.91. The monoisotopic (exact) mass is 757 g/mol. The minimum Gasteiger partial charge on any atom is -0.483 e. The van der Waals surface area contributed by atoms with Crippen molar-refractivity contribution in [2.75, 3.05) is 31.5 Å². The summed E-state index contributed by atoms with van der Waals surface area (Å²) >= 11 is 6.39. The van der Waals surface area contributed by atoms with E-state index in [0.717, 1.165) is 21.6 Å². The van der Waals surface area contributed by atoms with E-state index in [2.05, 4.69) is 31.3 Å². The lowest BCUT2D eigenvalue weighted by molar-refractivity contribution is -0.141. The molecule has 2 aliphatic carbocycles. The van der Waals surface area contributed by atoms with E-state index in [1.54, 1.807) is 4.90 Å². The highest BCUT2D eigenvalue weighted by atomic mass is 35.5. The highest BCUT2D eigenvalue weighted by molar-refractivity contribution is 6.34. The molecule has 21 heteroatoms. The maximum Gasteiger partial charge on any atom is 0.435 e. The summed E-state index contributed by atoms with van der Waals surface area (Å²) in [6.45, 7) is 1.20. The Morgan fingerprint density at radius 3 is 2.38 bits per heavy atom. The van der Waals surface area contributed by atoms with Crippen LogP contribution in [-0.2, 0) is 24.6 Å². The summed E-state index contributed by atoms with van der Waals surface area (Å²) in [7, 11) is 1.33. The Bertz CT molecular complexity index is 1870. The molecular weight excluding hydrogens is 725 g/mol. The van der Waals surface area contributed by atoms with E-state index >= 15 is 0 Å². The summed E-state index contributed by atoms with van der Waals surface area (Å²) in [5, 5.41) is 31.7. The molecule has 4 amide bonds. The summed E-state index contributed by atoms with van der Waals surface area (Å²) in [6.07, 6.45) is -3.88. The van der Waals surface area contributed by atoms with Crippen molar-refractivity contribution in [3.63, 3.8) is 0 Å². The van der Waals surface area contributed by atoms with Gasteiger partial charge in [-0.1, -0.05) is 11.6 Å². The van der Waals surface area contributed by atoms with E-state index in [4.69, 9.17) is 21.5 Å². The van der Waals surface area contributed by atoms with Crippen molar-refractivity contribution in [2.45, 2.75) is 43.3 Å². The fourth-order valence-electron chi connectivity index (χ4n) is 6.64. The van der Waals surface area contributed by atoms with Gasteiger partial charge in [0, 0.05) is 81.9 Å². The molecule has 2 aliphatic heterocycles. The number of halogens is 6. The molecule has 1 aromatic carbocycles. The Morgan fingerprint density at radius 2 is 1.81 bits per heavy atom. The SMILES string of the molecule is Cn1c(-c2cn(CC3CC3(F)F)nc2C(F)(F)F)cnc1C(=O)Nc1ccc(C(=O)N[C@H]2[C@@H]3CN(C(=O)N[C@H]4CNC[C@@H]4O)C[C@@H]32)c(Cl)c1.O=CO. The Balaban J connectivity index is 0.00000150. The number of carbonyl (C=O) groups is 4. The average molecular weight is 758 g/mol. The number of imidazole rings is 1. The summed E-state index contributed by atoms with van der Waals surface area (Å²) in [5.74, 6) is -5.32. The highest BCUT2D eigenvalue weighted by Gasteiger charge is 2.58. The van der Waals surface area contributed by atoms with Crippen molar-refractivity contribution in [2.24, 2.45) is 24.8 Å². The van der Waals surface area contributed by atoms with Crippen LogP contribution in [0.3, 0.4) is 0 Å². The van der Waals surface area contributed by atoms with Gasteiger partial charge in [0.2, 0.25) is 0 Å². The second-order valence-corrected chi connectivity index (χ2v) is 13.5. The van der Waals surface area contributed by atoms with E-state index in [0.29, 0.717) is 26.2 Å². The molecule has 3 aromatic rings. The van der Waals surface area contributed by atoms with Crippen molar-refractivity contribution in [3.05, 3.63) is 52.7 Å². The number of carboxylic acid groups (broad SMARTS) is 1. The van der Waals surface area contributed by atoms with Crippen LogP contribution < -0.4 is 21.3 Å². The van der Waals surface area contributed by atoms with Crippen LogP contribution in [0.5, 0.6) is 0 Å². The smallest absolute Gasteiger partial charge is 0.435 e. The first-order chi connectivity index (χ1) is 24.5. The molecule has 0 radical (unpaired) electrons. The van der Waals surface area contributed by atoms with Gasteiger partial charge >= 0.3 is 12.2 Å². The number of hydrogen-bond acceptors (Lipinski definition) is 8. The van der Waals surface area contributed by atoms with Crippen LogP contribution in [0.1, 0.15) is 33.1 Å². The highest BCUT2D eigenvalue weighted by Crippen LogP contribution is 2.50. The molecular formula is C31H33ClF5N9O6. The van der Waals surface area contributed by atoms with E-state index in [1.165, 1.54) is 25.2 Å². The molecule has 4 aliphatic rings. The van der Waals surface area contributed by atoms with Crippen LogP contribution in [0.25, 0.3) is 11.3 Å². The second-order valence-electron chi connectivity index (χ2n) is 13.1. The number of β-amino-alcohol motifs (C(OH)–C–C–N with tert-alkyl or cyclic N) is 1. The van der Waals surface area contributed by atoms with Gasteiger partial charge in [0.15, 0.2) is 11.5 Å². The zero-order chi connectivity index (χ0) is 37.7. The van der Waals surface area contributed by atoms with Crippen LogP contribution in [-0.4, -0.2) is 109 Å². The molecule has 2 saturated heterocycles. The molecule has 7 rings (SSSR count). The number of aliphatic hydroxyl groups is 1. The third-order valence-electron chi connectivity index (χ3n) is 9.60. The number of aliphatic hydroxyl groups excluding tert-OH is 1. The first-order valence-electron chi connectivity index (χ1n) is 16.0.